The summed E-state index contributed by atoms with van der Waals surface area (Å²) in [6, 6.07) is 11.2. The molecule has 1 saturated heterocycles. The summed E-state index contributed by atoms with van der Waals surface area (Å²) in [4.78, 5) is 6.41. The van der Waals surface area contributed by atoms with Crippen LogP contribution in [0.25, 0.3) is 0 Å². The lowest BCUT2D eigenvalue weighted by atomic mass is 9.96. The average molecular weight is 520 g/mol. The molecule has 2 heterocycles. The number of aromatic nitrogens is 2. The number of aliphatic hydroxyl groups is 1. The topological polar surface area (TPSA) is 69.0 Å². The number of nitrogens with zero attached hydrogens (tertiary/aromatic N) is 3. The van der Waals surface area contributed by atoms with E-state index >= 15 is 0 Å². The van der Waals surface area contributed by atoms with Crippen LogP contribution in [-0.4, -0.2) is 58.6 Å². The Kier molecular flexibility index (Phi) is 8.78. The Bertz CT molecular complexity index is 1100. The minimum absolute atomic E-state index is 0.218. The van der Waals surface area contributed by atoms with Gasteiger partial charge in [0.1, 0.15) is 19.0 Å². The zero-order chi connectivity index (χ0) is 24.7. The van der Waals surface area contributed by atoms with Crippen molar-refractivity contribution in [3.8, 4) is 17.2 Å². The Balaban J connectivity index is 1.31. The molecule has 0 unspecified atom stereocenters. The van der Waals surface area contributed by atoms with Crippen LogP contribution in [0.15, 0.2) is 55.1 Å². The maximum atomic E-state index is 11.2. The van der Waals surface area contributed by atoms with Crippen molar-refractivity contribution in [1.82, 2.24) is 14.5 Å². The molecule has 7 nitrogen and oxygen atoms in total. The molecule has 2 aromatic carbocycles. The smallest absolute Gasteiger partial charge is 0.161 e. The molecule has 1 atom stereocenters. The number of imidazole rings is 1. The predicted molar refractivity (Wildman–Crippen MR) is 137 cm³/mol. The average Bonchev–Trinajstić information content (AvgIpc) is 3.30. The Morgan fingerprint density at radius 3 is 2.69 bits per heavy atom. The van der Waals surface area contributed by atoms with Gasteiger partial charge in [-0.2, -0.15) is 0 Å². The van der Waals surface area contributed by atoms with Gasteiger partial charge in [0.2, 0.25) is 0 Å². The van der Waals surface area contributed by atoms with Gasteiger partial charge in [0.25, 0.3) is 0 Å². The molecule has 0 spiro atoms. The Morgan fingerprint density at radius 2 is 1.91 bits per heavy atom. The van der Waals surface area contributed by atoms with Crippen molar-refractivity contribution >= 4 is 23.2 Å². The van der Waals surface area contributed by atoms with Crippen LogP contribution in [-0.2, 0) is 13.1 Å². The van der Waals surface area contributed by atoms with E-state index in [1.165, 1.54) is 0 Å². The maximum absolute atomic E-state index is 11.2. The van der Waals surface area contributed by atoms with Crippen LogP contribution in [0.3, 0.4) is 0 Å². The molecule has 4 rings (SSSR count). The fraction of sp³-hybridized carbons (Fsp3) is 0.423. The van der Waals surface area contributed by atoms with Crippen molar-refractivity contribution < 1.29 is 19.3 Å². The second-order valence-electron chi connectivity index (χ2n) is 8.85. The molecule has 35 heavy (non-hydrogen) atoms. The van der Waals surface area contributed by atoms with E-state index in [2.05, 4.69) is 16.0 Å². The highest BCUT2D eigenvalue weighted by atomic mass is 35.5. The van der Waals surface area contributed by atoms with E-state index in [1.807, 2.05) is 22.9 Å². The van der Waals surface area contributed by atoms with Crippen molar-refractivity contribution in [2.45, 2.75) is 38.0 Å². The second kappa shape index (κ2) is 12.0. The first-order valence-electron chi connectivity index (χ1n) is 11.7. The monoisotopic (exact) mass is 519 g/mol. The lowest BCUT2D eigenvalue weighted by Gasteiger charge is -2.27. The number of halogens is 2. The molecule has 1 aliphatic rings. The van der Waals surface area contributed by atoms with Crippen molar-refractivity contribution in [3.05, 3.63) is 70.7 Å². The molecule has 1 N–H and O–H groups in total. The molecule has 0 radical (unpaired) electrons. The number of benzene rings is 2. The van der Waals surface area contributed by atoms with E-state index in [9.17, 15) is 5.11 Å². The summed E-state index contributed by atoms with van der Waals surface area (Å²) in [5.41, 5.74) is 0.253. The van der Waals surface area contributed by atoms with Crippen LogP contribution >= 0.6 is 23.2 Å². The molecule has 9 heteroatoms. The number of methoxy groups -OCH3 is 1. The fourth-order valence-electron chi connectivity index (χ4n) is 4.19. The normalized spacial score (nSPS) is 18.7. The number of ether oxygens (including phenoxy) is 3. The quantitative estimate of drug-likeness (QED) is 0.403. The molecular formula is C26H31Cl2N3O4. The summed E-state index contributed by atoms with van der Waals surface area (Å²) in [6.45, 7) is 3.89. The number of hydrogen-bond acceptors (Lipinski definition) is 6. The molecule has 1 fully saturated rings. The van der Waals surface area contributed by atoms with E-state index in [-0.39, 0.29) is 6.61 Å². The minimum atomic E-state index is -0.887. The van der Waals surface area contributed by atoms with Crippen LogP contribution in [0.1, 0.15) is 24.8 Å². The van der Waals surface area contributed by atoms with Gasteiger partial charge in [0.15, 0.2) is 11.5 Å². The minimum Gasteiger partial charge on any atom is -0.493 e. The lowest BCUT2D eigenvalue weighted by Crippen LogP contribution is -2.37. The molecule has 0 amide bonds. The van der Waals surface area contributed by atoms with Gasteiger partial charge in [0, 0.05) is 31.5 Å². The van der Waals surface area contributed by atoms with Crippen LogP contribution in [0.5, 0.6) is 17.2 Å². The van der Waals surface area contributed by atoms with Gasteiger partial charge in [-0.3, -0.25) is 4.90 Å². The summed E-state index contributed by atoms with van der Waals surface area (Å²) >= 11 is 12.0. The predicted octanol–water partition coefficient (Wildman–Crippen LogP) is 5.07. The number of likely N-dealkylation sites (tertiary alicyclic amines) is 1. The van der Waals surface area contributed by atoms with Gasteiger partial charge in [-0.1, -0.05) is 29.3 Å². The highest BCUT2D eigenvalue weighted by Gasteiger charge is 2.31. The summed E-state index contributed by atoms with van der Waals surface area (Å²) < 4.78 is 19.3. The second-order valence-corrected chi connectivity index (χ2v) is 9.67. The van der Waals surface area contributed by atoms with Gasteiger partial charge in [0.05, 0.1) is 35.6 Å². The Hall–Kier alpha value is -2.45. The van der Waals surface area contributed by atoms with Crippen LogP contribution in [0, 0.1) is 0 Å². The largest absolute Gasteiger partial charge is 0.493 e. The molecule has 0 saturated carbocycles. The zero-order valence-electron chi connectivity index (χ0n) is 19.8. The van der Waals surface area contributed by atoms with Gasteiger partial charge >= 0.3 is 0 Å². The summed E-state index contributed by atoms with van der Waals surface area (Å²) in [6.07, 6.45) is 7.61. The third-order valence-corrected chi connectivity index (χ3v) is 6.95. The SMILES string of the molecule is COc1ccc(CN2CCC[C@@](O)(COc3ccc(Cl)c(Cl)c3)CC2)cc1OCCn1ccnc1. The van der Waals surface area contributed by atoms with E-state index in [1.54, 1.807) is 37.8 Å². The highest BCUT2D eigenvalue weighted by Crippen LogP contribution is 2.31. The number of hydrogen-bond donors (Lipinski definition) is 1. The summed E-state index contributed by atoms with van der Waals surface area (Å²) in [5.74, 6) is 2.04. The molecule has 0 bridgehead atoms. The fourth-order valence-corrected chi connectivity index (χ4v) is 4.48. The molecule has 188 valence electrons. The third-order valence-electron chi connectivity index (χ3n) is 6.21. The molecule has 1 aliphatic heterocycles. The van der Waals surface area contributed by atoms with Gasteiger partial charge in [-0.25, -0.2) is 4.98 Å². The molecule has 3 aromatic rings. The van der Waals surface area contributed by atoms with Crippen molar-refractivity contribution in [1.29, 1.82) is 0 Å². The summed E-state index contributed by atoms with van der Waals surface area (Å²) in [7, 11) is 1.65. The molecular weight excluding hydrogens is 489 g/mol. The Morgan fingerprint density at radius 1 is 1.03 bits per heavy atom. The van der Waals surface area contributed by atoms with Gasteiger partial charge < -0.3 is 23.9 Å². The van der Waals surface area contributed by atoms with Gasteiger partial charge in [-0.15, -0.1) is 0 Å². The summed E-state index contributed by atoms with van der Waals surface area (Å²) in [5, 5.41) is 12.1. The van der Waals surface area contributed by atoms with Crippen LogP contribution < -0.4 is 14.2 Å². The molecule has 0 aliphatic carbocycles. The first kappa shape index (κ1) is 25.6. The van der Waals surface area contributed by atoms with Crippen molar-refractivity contribution in [2.24, 2.45) is 0 Å². The number of rotatable bonds is 10. The van der Waals surface area contributed by atoms with Crippen LogP contribution in [0.2, 0.25) is 10.0 Å². The molecule has 1 aromatic heterocycles. The van der Waals surface area contributed by atoms with E-state index < -0.39 is 5.60 Å². The van der Waals surface area contributed by atoms with E-state index in [4.69, 9.17) is 37.4 Å². The standard InChI is InChI=1S/C26H31Cl2N3O4/c1-33-24-6-3-20(15-25(24)34-14-13-31-12-9-29-19-31)17-30-10-2-7-26(32,8-11-30)18-35-21-4-5-22(27)23(28)16-21/h3-6,9,12,15-16,19,32H,2,7-8,10-11,13-14,17-18H2,1H3/t26-/m0/s1. The zero-order valence-corrected chi connectivity index (χ0v) is 21.3. The Labute approximate surface area is 216 Å². The van der Waals surface area contributed by atoms with Gasteiger partial charge in [-0.05, 0) is 55.6 Å². The van der Waals surface area contributed by atoms with E-state index in [0.717, 1.165) is 37.4 Å². The van der Waals surface area contributed by atoms with Crippen molar-refractivity contribution in [2.75, 3.05) is 33.4 Å². The highest BCUT2D eigenvalue weighted by molar-refractivity contribution is 6.42. The first-order chi connectivity index (χ1) is 16.9. The van der Waals surface area contributed by atoms with Crippen molar-refractivity contribution in [3.63, 3.8) is 0 Å². The van der Waals surface area contributed by atoms with E-state index in [0.29, 0.717) is 47.5 Å². The maximum Gasteiger partial charge on any atom is 0.161 e. The third kappa shape index (κ3) is 7.27. The lowest BCUT2D eigenvalue weighted by molar-refractivity contribution is -0.0168. The first-order valence-corrected chi connectivity index (χ1v) is 12.5. The van der Waals surface area contributed by atoms with Crippen LogP contribution in [0.4, 0.5) is 0 Å².